The third-order valence-electron chi connectivity index (χ3n) is 5.73. The van der Waals surface area contributed by atoms with Crippen LogP contribution in [0, 0.1) is 23.6 Å². The number of benzene rings is 1. The molecule has 1 heterocycles. The van der Waals surface area contributed by atoms with E-state index in [-0.39, 0.29) is 35.6 Å². The molecule has 0 unspecified atom stereocenters. The SMILES string of the molecule is CCOC(=O)c1cn(C2CC2)c2c(C#CC[C@H]3CCC[C@H]3O)cc(F)cc2c1=O. The van der Waals surface area contributed by atoms with Crippen LogP contribution in [0.4, 0.5) is 4.39 Å². The number of fused-ring (bicyclic) bond motifs is 1. The molecule has 5 nitrogen and oxygen atoms in total. The van der Waals surface area contributed by atoms with E-state index in [0.717, 1.165) is 32.1 Å². The predicted molar refractivity (Wildman–Crippen MR) is 107 cm³/mol. The highest BCUT2D eigenvalue weighted by Gasteiger charge is 2.28. The van der Waals surface area contributed by atoms with Crippen LogP contribution < -0.4 is 5.43 Å². The van der Waals surface area contributed by atoms with Crippen molar-refractivity contribution in [2.75, 3.05) is 6.61 Å². The summed E-state index contributed by atoms with van der Waals surface area (Å²) < 4.78 is 21.2. The number of aliphatic hydroxyl groups is 1. The minimum Gasteiger partial charge on any atom is -0.462 e. The maximum Gasteiger partial charge on any atom is 0.343 e. The fourth-order valence-corrected chi connectivity index (χ4v) is 4.08. The molecule has 2 aliphatic carbocycles. The van der Waals surface area contributed by atoms with Gasteiger partial charge in [-0.3, -0.25) is 4.79 Å². The van der Waals surface area contributed by atoms with E-state index < -0.39 is 17.2 Å². The molecule has 0 radical (unpaired) electrons. The van der Waals surface area contributed by atoms with E-state index >= 15 is 0 Å². The number of halogens is 1. The Labute approximate surface area is 168 Å². The number of rotatable bonds is 4. The molecule has 2 atom stereocenters. The number of hydrogen-bond donors (Lipinski definition) is 1. The smallest absolute Gasteiger partial charge is 0.343 e. The zero-order chi connectivity index (χ0) is 20.5. The van der Waals surface area contributed by atoms with Crippen LogP contribution in [0.5, 0.6) is 0 Å². The number of nitrogens with zero attached hydrogens (tertiary/aromatic N) is 1. The number of esters is 1. The van der Waals surface area contributed by atoms with Gasteiger partial charge < -0.3 is 14.4 Å². The van der Waals surface area contributed by atoms with Crippen molar-refractivity contribution in [3.8, 4) is 11.8 Å². The van der Waals surface area contributed by atoms with Crippen molar-refractivity contribution in [2.45, 2.75) is 57.6 Å². The largest absolute Gasteiger partial charge is 0.462 e. The molecule has 1 aromatic heterocycles. The molecule has 0 bridgehead atoms. The lowest BCUT2D eigenvalue weighted by Crippen LogP contribution is -2.21. The van der Waals surface area contributed by atoms with Gasteiger partial charge in [-0.25, -0.2) is 9.18 Å². The first-order valence-electron chi connectivity index (χ1n) is 10.2. The molecule has 0 amide bonds. The highest BCUT2D eigenvalue weighted by molar-refractivity contribution is 5.95. The maximum absolute atomic E-state index is 14.3. The standard InChI is InChI=1S/C23H24FNO4/c1-2-29-23(28)19-13-25(17-9-10-17)21-15(11-16(24)12-18(21)22(19)27)7-3-5-14-6-4-8-20(14)26/h11-14,17,20,26H,2,4-6,8-10H2,1H3/t14-,20+/m0/s1. The Morgan fingerprint density at radius 2 is 2.10 bits per heavy atom. The fraction of sp³-hybridized carbons (Fsp3) is 0.478. The van der Waals surface area contributed by atoms with Gasteiger partial charge in [0.1, 0.15) is 11.4 Å². The van der Waals surface area contributed by atoms with Gasteiger partial charge in [0.2, 0.25) is 5.43 Å². The zero-order valence-electron chi connectivity index (χ0n) is 16.4. The highest BCUT2D eigenvalue weighted by Crippen LogP contribution is 2.38. The average molecular weight is 397 g/mol. The summed E-state index contributed by atoms with van der Waals surface area (Å²) in [5.41, 5.74) is 0.382. The van der Waals surface area contributed by atoms with Crippen LogP contribution in [-0.4, -0.2) is 28.4 Å². The second kappa shape index (κ2) is 8.00. The topological polar surface area (TPSA) is 68.5 Å². The van der Waals surface area contributed by atoms with Crippen LogP contribution in [0.1, 0.15) is 67.4 Å². The van der Waals surface area contributed by atoms with E-state index in [1.54, 1.807) is 6.92 Å². The minimum atomic E-state index is -0.694. The van der Waals surface area contributed by atoms with Gasteiger partial charge in [0.25, 0.3) is 0 Å². The monoisotopic (exact) mass is 397 g/mol. The molecule has 0 aliphatic heterocycles. The Morgan fingerprint density at radius 3 is 2.76 bits per heavy atom. The van der Waals surface area contributed by atoms with Crippen molar-refractivity contribution in [3.05, 3.63) is 45.5 Å². The number of aliphatic hydroxyl groups excluding tert-OH is 1. The summed E-state index contributed by atoms with van der Waals surface area (Å²) in [6, 6.07) is 2.67. The quantitative estimate of drug-likeness (QED) is 0.633. The highest BCUT2D eigenvalue weighted by atomic mass is 19.1. The molecular weight excluding hydrogens is 373 g/mol. The molecule has 2 aromatic rings. The third kappa shape index (κ3) is 3.92. The second-order valence-electron chi connectivity index (χ2n) is 7.84. The van der Waals surface area contributed by atoms with E-state index in [9.17, 15) is 19.1 Å². The van der Waals surface area contributed by atoms with Crippen LogP contribution in [0.15, 0.2) is 23.1 Å². The number of carbonyl (C=O) groups is 1. The summed E-state index contributed by atoms with van der Waals surface area (Å²) in [6.07, 6.45) is 6.33. The third-order valence-corrected chi connectivity index (χ3v) is 5.73. The van der Waals surface area contributed by atoms with Crippen LogP contribution in [0.3, 0.4) is 0 Å². The first kappa shape index (κ1) is 19.7. The molecule has 1 N–H and O–H groups in total. The Kier molecular flexibility index (Phi) is 5.42. The van der Waals surface area contributed by atoms with Crippen LogP contribution in [-0.2, 0) is 4.74 Å². The van der Waals surface area contributed by atoms with Gasteiger partial charge in [-0.15, -0.1) is 0 Å². The molecule has 29 heavy (non-hydrogen) atoms. The Balaban J connectivity index is 1.82. The van der Waals surface area contributed by atoms with Crippen LogP contribution in [0.25, 0.3) is 10.9 Å². The van der Waals surface area contributed by atoms with Crippen molar-refractivity contribution in [2.24, 2.45) is 5.92 Å². The van der Waals surface area contributed by atoms with E-state index in [1.807, 2.05) is 4.57 Å². The summed E-state index contributed by atoms with van der Waals surface area (Å²) >= 11 is 0. The Hall–Kier alpha value is -2.65. The summed E-state index contributed by atoms with van der Waals surface area (Å²) in [5.74, 6) is 4.98. The predicted octanol–water partition coefficient (Wildman–Crippen LogP) is 3.55. The van der Waals surface area contributed by atoms with Crippen molar-refractivity contribution < 1.29 is 19.0 Å². The fourth-order valence-electron chi connectivity index (χ4n) is 4.08. The first-order valence-corrected chi connectivity index (χ1v) is 10.2. The number of hydrogen-bond acceptors (Lipinski definition) is 4. The van der Waals surface area contributed by atoms with Crippen LogP contribution in [0.2, 0.25) is 0 Å². The molecule has 6 heteroatoms. The normalized spacial score (nSPS) is 21.1. The summed E-state index contributed by atoms with van der Waals surface area (Å²) in [7, 11) is 0. The van der Waals surface area contributed by atoms with E-state index in [1.165, 1.54) is 18.3 Å². The van der Waals surface area contributed by atoms with Gasteiger partial charge in [-0.05, 0) is 50.7 Å². The van der Waals surface area contributed by atoms with E-state index in [0.29, 0.717) is 17.5 Å². The number of carbonyl (C=O) groups excluding carboxylic acids is 1. The van der Waals surface area contributed by atoms with Gasteiger partial charge >= 0.3 is 5.97 Å². The molecule has 0 spiro atoms. The number of aromatic nitrogens is 1. The summed E-state index contributed by atoms with van der Waals surface area (Å²) in [6.45, 7) is 1.83. The zero-order valence-corrected chi connectivity index (χ0v) is 16.4. The summed E-state index contributed by atoms with van der Waals surface area (Å²) in [4.78, 5) is 25.2. The molecule has 4 rings (SSSR count). The number of pyridine rings is 1. The van der Waals surface area contributed by atoms with Crippen molar-refractivity contribution in [3.63, 3.8) is 0 Å². The van der Waals surface area contributed by atoms with E-state index in [2.05, 4.69) is 11.8 Å². The molecule has 0 saturated heterocycles. The van der Waals surface area contributed by atoms with Crippen LogP contribution >= 0.6 is 0 Å². The molecule has 2 saturated carbocycles. The van der Waals surface area contributed by atoms with Gasteiger partial charge in [0.05, 0.1) is 29.2 Å². The molecular formula is C23H24FNO4. The first-order chi connectivity index (χ1) is 14.0. The lowest BCUT2D eigenvalue weighted by atomic mass is 10.0. The van der Waals surface area contributed by atoms with Gasteiger partial charge in [-0.2, -0.15) is 0 Å². The van der Waals surface area contributed by atoms with Crippen molar-refractivity contribution >= 4 is 16.9 Å². The minimum absolute atomic E-state index is 0.0789. The maximum atomic E-state index is 14.3. The van der Waals surface area contributed by atoms with Gasteiger partial charge in [-0.1, -0.05) is 18.3 Å². The lowest BCUT2D eigenvalue weighted by molar-refractivity contribution is 0.0524. The van der Waals surface area contributed by atoms with Gasteiger partial charge in [0.15, 0.2) is 0 Å². The number of ether oxygens (including phenoxy) is 1. The molecule has 152 valence electrons. The lowest BCUT2D eigenvalue weighted by Gasteiger charge is -2.14. The van der Waals surface area contributed by atoms with Crippen molar-refractivity contribution in [1.29, 1.82) is 0 Å². The molecule has 2 aliphatic rings. The summed E-state index contributed by atoms with van der Waals surface area (Å²) in [5, 5.41) is 10.1. The molecule has 2 fully saturated rings. The Morgan fingerprint density at radius 1 is 1.31 bits per heavy atom. The van der Waals surface area contributed by atoms with E-state index in [4.69, 9.17) is 4.74 Å². The Bertz CT molecular complexity index is 1070. The molecule has 1 aromatic carbocycles. The van der Waals surface area contributed by atoms with Gasteiger partial charge in [0, 0.05) is 18.7 Å². The van der Waals surface area contributed by atoms with Crippen molar-refractivity contribution in [1.82, 2.24) is 4.57 Å². The second-order valence-corrected chi connectivity index (χ2v) is 7.84. The average Bonchev–Trinajstić information content (AvgIpc) is 3.45.